The molecule has 2 aromatic rings. The highest BCUT2D eigenvalue weighted by Gasteiger charge is 2.70. The maximum Gasteiger partial charge on any atom is 0.163 e. The molecule has 5 unspecified atom stereocenters. The number of ether oxygens (including phenoxy) is 2. The minimum atomic E-state index is -0.0785. The predicted octanol–water partition coefficient (Wildman–Crippen LogP) is 3.64. The first-order chi connectivity index (χ1) is 11.7. The summed E-state index contributed by atoms with van der Waals surface area (Å²) < 4.78 is 11.8. The lowest BCUT2D eigenvalue weighted by Crippen LogP contribution is -2.23. The van der Waals surface area contributed by atoms with Gasteiger partial charge >= 0.3 is 0 Å². The lowest BCUT2D eigenvalue weighted by atomic mass is 10.0. The van der Waals surface area contributed by atoms with E-state index in [1.165, 1.54) is 5.56 Å². The van der Waals surface area contributed by atoms with Crippen LogP contribution in [0.25, 0.3) is 0 Å². The molecular weight excluding hydrogens is 302 g/mol. The van der Waals surface area contributed by atoms with Gasteiger partial charge in [-0.05, 0) is 48.9 Å². The summed E-state index contributed by atoms with van der Waals surface area (Å²) in [5.41, 5.74) is 2.35. The van der Waals surface area contributed by atoms with E-state index in [2.05, 4.69) is 30.3 Å². The third-order valence-electron chi connectivity index (χ3n) is 5.46. The van der Waals surface area contributed by atoms with E-state index < -0.39 is 0 Å². The van der Waals surface area contributed by atoms with Gasteiger partial charge in [0.2, 0.25) is 0 Å². The molecule has 5 atom stereocenters. The number of hydrogen-bond donors (Lipinski definition) is 0. The molecule has 0 radical (unpaired) electrons. The zero-order chi connectivity index (χ0) is 16.3. The molecule has 0 N–H and O–H groups in total. The van der Waals surface area contributed by atoms with E-state index in [1.54, 1.807) is 7.11 Å². The average molecular weight is 323 g/mol. The summed E-state index contributed by atoms with van der Waals surface area (Å²) >= 11 is 0. The maximum atomic E-state index is 6.45. The Labute approximate surface area is 141 Å². The first-order valence-electron chi connectivity index (χ1n) is 8.55. The molecule has 0 spiro atoms. The van der Waals surface area contributed by atoms with Gasteiger partial charge in [-0.25, -0.2) is 0 Å². The van der Waals surface area contributed by atoms with Crippen LogP contribution in [0.3, 0.4) is 0 Å². The van der Waals surface area contributed by atoms with Crippen molar-refractivity contribution in [1.29, 1.82) is 0 Å². The summed E-state index contributed by atoms with van der Waals surface area (Å²) in [5, 5.41) is 1.99. The van der Waals surface area contributed by atoms with Crippen molar-refractivity contribution in [2.45, 2.75) is 37.6 Å². The number of benzene rings is 2. The Morgan fingerprint density at radius 2 is 1.92 bits per heavy atom. The Hall–Kier alpha value is -2.04. The molecule has 124 valence electrons. The normalized spacial score (nSPS) is 35.6. The fourth-order valence-electron chi connectivity index (χ4n) is 4.08. The molecule has 2 aromatic carbocycles. The van der Waals surface area contributed by atoms with Crippen LogP contribution in [0.2, 0.25) is 0 Å². The van der Waals surface area contributed by atoms with Gasteiger partial charge < -0.3 is 14.3 Å². The van der Waals surface area contributed by atoms with Crippen molar-refractivity contribution in [1.82, 2.24) is 5.06 Å². The molecule has 24 heavy (non-hydrogen) atoms. The van der Waals surface area contributed by atoms with Crippen molar-refractivity contribution in [3.63, 3.8) is 0 Å². The molecule has 0 bridgehead atoms. The molecule has 5 rings (SSSR count). The Balaban J connectivity index is 1.32. The monoisotopic (exact) mass is 323 g/mol. The Kier molecular flexibility index (Phi) is 2.97. The molecule has 1 saturated carbocycles. The molecule has 2 aliphatic heterocycles. The highest BCUT2D eigenvalue weighted by Crippen LogP contribution is 2.65. The summed E-state index contributed by atoms with van der Waals surface area (Å²) in [6.45, 7) is 2.04. The van der Waals surface area contributed by atoms with Crippen LogP contribution in [0.5, 0.6) is 11.5 Å². The number of rotatable bonds is 4. The minimum Gasteiger partial charge on any atom is -0.497 e. The van der Waals surface area contributed by atoms with Crippen molar-refractivity contribution in [2.75, 3.05) is 7.11 Å². The molecule has 2 heterocycles. The number of methoxy groups -OCH3 is 1. The SMILES string of the molecule is COc1cc(C)cc(ON2C3CC4CC4(c4ccccc4)OC32)c1. The largest absolute Gasteiger partial charge is 0.497 e. The zero-order valence-corrected chi connectivity index (χ0v) is 13.9. The maximum absolute atomic E-state index is 6.45. The van der Waals surface area contributed by atoms with Crippen LogP contribution in [0, 0.1) is 12.8 Å². The van der Waals surface area contributed by atoms with Gasteiger partial charge in [-0.2, -0.15) is 0 Å². The minimum absolute atomic E-state index is 0.0652. The number of aryl methyl sites for hydroxylation is 1. The molecule has 1 aliphatic carbocycles. The van der Waals surface area contributed by atoms with Crippen LogP contribution < -0.4 is 9.57 Å². The summed E-state index contributed by atoms with van der Waals surface area (Å²) in [6.07, 6.45) is 2.34. The van der Waals surface area contributed by atoms with Gasteiger partial charge in [0.25, 0.3) is 0 Å². The standard InChI is InChI=1S/C20H21NO3/c1-13-8-16(22-2)11-17(9-13)24-21-18-10-15-12-20(15,23-19(18)21)14-6-4-3-5-7-14/h3-9,11,15,18-19H,10,12H2,1-2H3. The summed E-state index contributed by atoms with van der Waals surface area (Å²) in [5.74, 6) is 2.24. The quantitative estimate of drug-likeness (QED) is 0.804. The van der Waals surface area contributed by atoms with Crippen LogP contribution in [0.15, 0.2) is 48.5 Å². The topological polar surface area (TPSA) is 30.7 Å². The second-order valence-corrected chi connectivity index (χ2v) is 7.11. The first-order valence-corrected chi connectivity index (χ1v) is 8.55. The molecular formula is C20H21NO3. The van der Waals surface area contributed by atoms with E-state index in [0.717, 1.165) is 29.9 Å². The molecule has 0 aromatic heterocycles. The fourth-order valence-corrected chi connectivity index (χ4v) is 4.08. The van der Waals surface area contributed by atoms with E-state index in [9.17, 15) is 0 Å². The van der Waals surface area contributed by atoms with Crippen LogP contribution in [0.1, 0.15) is 24.0 Å². The highest BCUT2D eigenvalue weighted by atomic mass is 16.8. The Bertz CT molecular complexity index is 778. The van der Waals surface area contributed by atoms with Gasteiger partial charge in [0, 0.05) is 6.07 Å². The first kappa shape index (κ1) is 14.3. The number of hydroxylamine groups is 2. The van der Waals surface area contributed by atoms with Crippen molar-refractivity contribution >= 4 is 0 Å². The Morgan fingerprint density at radius 3 is 2.71 bits per heavy atom. The predicted molar refractivity (Wildman–Crippen MR) is 89.7 cm³/mol. The third kappa shape index (κ3) is 2.14. The molecule has 4 nitrogen and oxygen atoms in total. The third-order valence-corrected chi connectivity index (χ3v) is 5.46. The van der Waals surface area contributed by atoms with E-state index >= 15 is 0 Å². The lowest BCUT2D eigenvalue weighted by molar-refractivity contribution is -0.0794. The summed E-state index contributed by atoms with van der Waals surface area (Å²) in [4.78, 5) is 6.07. The second-order valence-electron chi connectivity index (χ2n) is 7.11. The van der Waals surface area contributed by atoms with E-state index in [1.807, 2.05) is 30.2 Å². The molecule has 3 aliphatic rings. The fraction of sp³-hybridized carbons (Fsp3) is 0.400. The van der Waals surface area contributed by atoms with Gasteiger partial charge in [-0.3, -0.25) is 0 Å². The van der Waals surface area contributed by atoms with Crippen molar-refractivity contribution in [3.05, 3.63) is 59.7 Å². The van der Waals surface area contributed by atoms with E-state index in [-0.39, 0.29) is 11.8 Å². The summed E-state index contributed by atoms with van der Waals surface area (Å²) in [7, 11) is 1.68. The molecule has 3 fully saturated rings. The second kappa shape index (κ2) is 4.98. The van der Waals surface area contributed by atoms with Crippen LogP contribution in [-0.4, -0.2) is 24.4 Å². The van der Waals surface area contributed by atoms with Gasteiger partial charge in [0.15, 0.2) is 12.0 Å². The zero-order valence-electron chi connectivity index (χ0n) is 13.9. The highest BCUT2D eigenvalue weighted by molar-refractivity contribution is 5.38. The van der Waals surface area contributed by atoms with Gasteiger partial charge in [-0.15, -0.1) is 5.06 Å². The van der Waals surface area contributed by atoms with Gasteiger partial charge in [0.05, 0.1) is 18.8 Å². The van der Waals surface area contributed by atoms with E-state index in [0.29, 0.717) is 12.0 Å². The van der Waals surface area contributed by atoms with Crippen LogP contribution in [0.4, 0.5) is 0 Å². The average Bonchev–Trinajstić information content (AvgIpc) is 3.49. The van der Waals surface area contributed by atoms with Crippen molar-refractivity contribution in [3.8, 4) is 11.5 Å². The lowest BCUT2D eigenvalue weighted by Gasteiger charge is -2.21. The van der Waals surface area contributed by atoms with E-state index in [4.69, 9.17) is 14.3 Å². The Morgan fingerprint density at radius 1 is 1.12 bits per heavy atom. The van der Waals surface area contributed by atoms with Gasteiger partial charge in [-0.1, -0.05) is 30.3 Å². The van der Waals surface area contributed by atoms with Gasteiger partial charge in [0.1, 0.15) is 5.75 Å². The van der Waals surface area contributed by atoms with Crippen molar-refractivity contribution < 1.29 is 14.3 Å². The number of fused-ring (bicyclic) bond motifs is 2. The van der Waals surface area contributed by atoms with Crippen LogP contribution in [-0.2, 0) is 10.3 Å². The molecule has 2 saturated heterocycles. The van der Waals surface area contributed by atoms with Crippen LogP contribution >= 0.6 is 0 Å². The smallest absolute Gasteiger partial charge is 0.163 e. The van der Waals surface area contributed by atoms with Crippen molar-refractivity contribution in [2.24, 2.45) is 5.92 Å². The number of hydrogen-bond acceptors (Lipinski definition) is 4. The molecule has 0 amide bonds. The molecule has 4 heteroatoms. The summed E-state index contributed by atoms with van der Waals surface area (Å²) in [6, 6.07) is 16.9. The number of nitrogens with zero attached hydrogens (tertiary/aromatic N) is 1.